The minimum absolute atomic E-state index is 0.163. The molecule has 0 aromatic heterocycles. The first kappa shape index (κ1) is 38.1. The van der Waals surface area contributed by atoms with Gasteiger partial charge in [0.15, 0.2) is 0 Å². The highest BCUT2D eigenvalue weighted by molar-refractivity contribution is 7.99. The van der Waals surface area contributed by atoms with E-state index < -0.39 is 31.9 Å². The van der Waals surface area contributed by atoms with Crippen LogP contribution < -0.4 is 9.47 Å². The summed E-state index contributed by atoms with van der Waals surface area (Å²) in [4.78, 5) is 0.240. The van der Waals surface area contributed by atoms with Gasteiger partial charge in [-0.3, -0.25) is 9.11 Å². The molecule has 0 saturated carbocycles. The maximum Gasteiger partial charge on any atom is 0.294 e. The lowest BCUT2D eigenvalue weighted by Gasteiger charge is -2.26. The maximum atomic E-state index is 13.1. The summed E-state index contributed by atoms with van der Waals surface area (Å²) in [6, 6.07) is 37.1. The molecule has 268 valence electrons. The molecule has 0 spiro atoms. The summed E-state index contributed by atoms with van der Waals surface area (Å²) in [6.45, 7) is 0. The summed E-state index contributed by atoms with van der Waals surface area (Å²) in [5.41, 5.74) is 6.23. The summed E-state index contributed by atoms with van der Waals surface area (Å²) in [6.07, 6.45) is 3.37. The predicted molar refractivity (Wildman–Crippen MR) is 203 cm³/mol. The van der Waals surface area contributed by atoms with Gasteiger partial charge in [-0.2, -0.15) is 16.8 Å². The average Bonchev–Trinajstić information content (AvgIpc) is 3.12. The molecule has 2 N–H and O–H groups in total. The Kier molecular flexibility index (Phi) is 13.0. The van der Waals surface area contributed by atoms with Crippen LogP contribution in [0.15, 0.2) is 125 Å². The van der Waals surface area contributed by atoms with Gasteiger partial charge in [0.2, 0.25) is 0 Å². The van der Waals surface area contributed by atoms with Gasteiger partial charge in [-0.25, -0.2) is 0 Å². The molecule has 0 fully saturated rings. The van der Waals surface area contributed by atoms with Gasteiger partial charge >= 0.3 is 0 Å². The van der Waals surface area contributed by atoms with E-state index in [0.29, 0.717) is 38.8 Å². The zero-order chi connectivity index (χ0) is 36.4. The lowest BCUT2D eigenvalue weighted by atomic mass is 9.82. The highest BCUT2D eigenvalue weighted by atomic mass is 32.2. The number of rotatable bonds is 17. The van der Waals surface area contributed by atoms with Crippen molar-refractivity contribution in [2.24, 2.45) is 0 Å². The number of aryl methyl sites for hydroxylation is 4. The van der Waals surface area contributed by atoms with E-state index >= 15 is 0 Å². The number of methoxy groups -OCH3 is 2. The van der Waals surface area contributed by atoms with Crippen molar-refractivity contribution in [1.29, 1.82) is 0 Å². The molecule has 5 rings (SSSR count). The SMILES string of the molecule is COc1cc(CCc2ccccc2)ccc1C(c1ccc(CCc2ccccc2)cc1OC)c1ccc(SCCCS(=O)(=O)O)cc1S(=O)(=O)O. The van der Waals surface area contributed by atoms with E-state index in [1.54, 1.807) is 26.4 Å². The van der Waals surface area contributed by atoms with E-state index in [2.05, 4.69) is 24.3 Å². The van der Waals surface area contributed by atoms with Crippen LogP contribution in [-0.4, -0.2) is 51.7 Å². The van der Waals surface area contributed by atoms with Gasteiger partial charge in [-0.15, -0.1) is 11.8 Å². The standard InChI is InChI=1S/C40H42O8S3/c1-47-37-26-31(16-14-29-10-5-3-6-11-29)18-21-34(37)40(35-22-19-32(27-38(35)48-2)17-15-30-12-7-4-8-13-30)36-23-20-33(28-39(36)51(44,45)46)49-24-9-25-50(41,42)43/h3-8,10-13,18-23,26-28,40H,9,14-17,24-25H2,1-2H3,(H,41,42,43)(H,44,45,46). The Morgan fingerprint density at radius 1 is 0.588 bits per heavy atom. The fourth-order valence-corrected chi connectivity index (χ4v) is 8.58. The number of thioether (sulfide) groups is 1. The van der Waals surface area contributed by atoms with Crippen molar-refractivity contribution in [2.75, 3.05) is 25.7 Å². The van der Waals surface area contributed by atoms with Crippen molar-refractivity contribution in [2.45, 2.75) is 47.8 Å². The molecule has 0 aliphatic heterocycles. The van der Waals surface area contributed by atoms with Crippen molar-refractivity contribution >= 4 is 32.0 Å². The Hall–Kier alpha value is -4.13. The van der Waals surface area contributed by atoms with E-state index in [4.69, 9.17) is 14.0 Å². The van der Waals surface area contributed by atoms with E-state index in [1.165, 1.54) is 29.0 Å². The third kappa shape index (κ3) is 10.7. The Morgan fingerprint density at radius 2 is 1.06 bits per heavy atom. The Morgan fingerprint density at radius 3 is 1.51 bits per heavy atom. The monoisotopic (exact) mass is 746 g/mol. The first-order chi connectivity index (χ1) is 24.4. The zero-order valence-corrected chi connectivity index (χ0v) is 31.0. The minimum Gasteiger partial charge on any atom is -0.496 e. The molecule has 51 heavy (non-hydrogen) atoms. The van der Waals surface area contributed by atoms with Gasteiger partial charge < -0.3 is 9.47 Å². The van der Waals surface area contributed by atoms with E-state index in [9.17, 15) is 21.4 Å². The van der Waals surface area contributed by atoms with Crippen LogP contribution in [0.2, 0.25) is 0 Å². The van der Waals surface area contributed by atoms with Crippen LogP contribution in [0, 0.1) is 0 Å². The van der Waals surface area contributed by atoms with Crippen molar-refractivity contribution in [3.05, 3.63) is 154 Å². The molecule has 0 heterocycles. The third-order valence-corrected chi connectivity index (χ3v) is 11.5. The van der Waals surface area contributed by atoms with E-state index in [1.807, 2.05) is 72.8 Å². The number of hydrogen-bond acceptors (Lipinski definition) is 7. The molecule has 8 nitrogen and oxygen atoms in total. The van der Waals surface area contributed by atoms with Gasteiger partial charge in [0.1, 0.15) is 11.5 Å². The quantitative estimate of drug-likeness (QED) is 0.0420. The smallest absolute Gasteiger partial charge is 0.294 e. The van der Waals surface area contributed by atoms with Crippen LogP contribution >= 0.6 is 11.8 Å². The van der Waals surface area contributed by atoms with Crippen LogP contribution in [-0.2, 0) is 45.9 Å². The Bertz CT molecular complexity index is 2040. The second kappa shape index (κ2) is 17.4. The predicted octanol–water partition coefficient (Wildman–Crippen LogP) is 8.07. The Balaban J connectivity index is 1.58. The van der Waals surface area contributed by atoms with Crippen LogP contribution in [0.5, 0.6) is 11.5 Å². The van der Waals surface area contributed by atoms with Crippen LogP contribution in [0.1, 0.15) is 51.3 Å². The molecule has 0 saturated heterocycles. The molecule has 0 unspecified atom stereocenters. The first-order valence-electron chi connectivity index (χ1n) is 16.6. The topological polar surface area (TPSA) is 127 Å². The van der Waals surface area contributed by atoms with Crippen molar-refractivity contribution in [1.82, 2.24) is 0 Å². The van der Waals surface area contributed by atoms with Gasteiger partial charge in [-0.1, -0.05) is 91.0 Å². The van der Waals surface area contributed by atoms with Crippen LogP contribution in [0.25, 0.3) is 0 Å². The van der Waals surface area contributed by atoms with Crippen molar-refractivity contribution in [3.63, 3.8) is 0 Å². The van der Waals surface area contributed by atoms with Gasteiger partial charge in [-0.05, 0) is 89.9 Å². The molecule has 0 bridgehead atoms. The average molecular weight is 747 g/mol. The normalized spacial score (nSPS) is 11.9. The van der Waals surface area contributed by atoms with Crippen molar-refractivity contribution in [3.8, 4) is 11.5 Å². The van der Waals surface area contributed by atoms with Crippen LogP contribution in [0.3, 0.4) is 0 Å². The summed E-state index contributed by atoms with van der Waals surface area (Å²) in [5, 5.41) is 0. The Labute approximate surface area is 305 Å². The summed E-state index contributed by atoms with van der Waals surface area (Å²) >= 11 is 1.23. The molecule has 0 aliphatic rings. The number of ether oxygens (including phenoxy) is 2. The minimum atomic E-state index is -4.74. The first-order valence-corrected chi connectivity index (χ1v) is 20.6. The van der Waals surface area contributed by atoms with Gasteiger partial charge in [0.25, 0.3) is 20.2 Å². The lowest BCUT2D eigenvalue weighted by molar-refractivity contribution is 0.401. The maximum absolute atomic E-state index is 13.1. The van der Waals surface area contributed by atoms with Gasteiger partial charge in [0, 0.05) is 21.9 Å². The molecule has 0 amide bonds. The molecule has 0 radical (unpaired) electrons. The fourth-order valence-electron chi connectivity index (χ4n) is 6.17. The summed E-state index contributed by atoms with van der Waals surface area (Å²) in [7, 11) is -5.69. The molecule has 5 aromatic rings. The third-order valence-electron chi connectivity index (χ3n) is 8.70. The second-order valence-corrected chi connectivity index (χ2v) is 16.3. The highest BCUT2D eigenvalue weighted by Gasteiger charge is 2.30. The largest absolute Gasteiger partial charge is 0.496 e. The molecular formula is C40H42O8S3. The molecule has 0 aliphatic carbocycles. The zero-order valence-electron chi connectivity index (χ0n) is 28.6. The van der Waals surface area contributed by atoms with Crippen molar-refractivity contribution < 1.29 is 35.4 Å². The highest BCUT2D eigenvalue weighted by Crippen LogP contribution is 2.44. The molecule has 0 atom stereocenters. The molecule has 5 aromatic carbocycles. The van der Waals surface area contributed by atoms with E-state index in [-0.39, 0.29) is 11.3 Å². The summed E-state index contributed by atoms with van der Waals surface area (Å²) < 4.78 is 80.1. The second-order valence-electron chi connectivity index (χ2n) is 12.2. The fraction of sp³-hybridized carbons (Fsp3) is 0.250. The molecule has 11 heteroatoms. The van der Waals surface area contributed by atoms with Gasteiger partial charge in [0.05, 0.1) is 24.9 Å². The number of benzene rings is 5. The van der Waals surface area contributed by atoms with Crippen LogP contribution in [0.4, 0.5) is 0 Å². The summed E-state index contributed by atoms with van der Waals surface area (Å²) in [5.74, 6) is 0.297. The van der Waals surface area contributed by atoms with E-state index in [0.717, 1.165) is 36.8 Å². The lowest BCUT2D eigenvalue weighted by Crippen LogP contribution is -2.13. The molecular weight excluding hydrogens is 705 g/mol. The number of hydrogen-bond donors (Lipinski definition) is 2.